The molecule has 3 nitrogen and oxygen atoms in total. The van der Waals surface area contributed by atoms with Gasteiger partial charge in [0, 0.05) is 37.7 Å². The number of aromatic nitrogens is 1. The topological polar surface area (TPSA) is 31.2 Å². The molecule has 0 N–H and O–H groups in total. The van der Waals surface area contributed by atoms with E-state index in [2.05, 4.69) is 24.5 Å². The van der Waals surface area contributed by atoms with E-state index in [9.17, 15) is 4.79 Å². The fourth-order valence-electron chi connectivity index (χ4n) is 2.28. The lowest BCUT2D eigenvalue weighted by atomic mass is 10.1. The number of esters is 1. The van der Waals surface area contributed by atoms with E-state index in [1.807, 2.05) is 0 Å². The molecule has 0 aromatic carbocycles. The van der Waals surface area contributed by atoms with Crippen molar-refractivity contribution in [2.24, 2.45) is 0 Å². The molecular weight excluding hydrogens is 190 g/mol. The van der Waals surface area contributed by atoms with Crippen LogP contribution < -0.4 is 0 Å². The molecule has 1 aromatic heterocycles. The van der Waals surface area contributed by atoms with Gasteiger partial charge >= 0.3 is 5.97 Å². The molecule has 0 aliphatic carbocycles. The predicted molar refractivity (Wildman–Crippen MR) is 57.8 cm³/mol. The Kier molecular flexibility index (Phi) is 2.55. The Balaban J connectivity index is 2.16. The third-order valence-electron chi connectivity index (χ3n) is 3.15. The van der Waals surface area contributed by atoms with Crippen LogP contribution in [0.25, 0.3) is 0 Å². The largest absolute Gasteiger partial charge is 0.462 e. The summed E-state index contributed by atoms with van der Waals surface area (Å²) in [5.41, 5.74) is 3.96. The fourth-order valence-corrected chi connectivity index (χ4v) is 2.28. The third kappa shape index (κ3) is 1.91. The Labute approximate surface area is 90.0 Å². The quantitative estimate of drug-likeness (QED) is 0.659. The van der Waals surface area contributed by atoms with Gasteiger partial charge in [0.1, 0.15) is 6.10 Å². The molecule has 1 unspecified atom stereocenters. The molecule has 1 aromatic rings. The highest BCUT2D eigenvalue weighted by Gasteiger charge is 2.22. The van der Waals surface area contributed by atoms with Crippen LogP contribution >= 0.6 is 0 Å². The Morgan fingerprint density at radius 2 is 2.27 bits per heavy atom. The van der Waals surface area contributed by atoms with Gasteiger partial charge in [0.25, 0.3) is 0 Å². The van der Waals surface area contributed by atoms with Crippen LogP contribution in [0.5, 0.6) is 0 Å². The summed E-state index contributed by atoms with van der Waals surface area (Å²) in [6.45, 7) is 6.71. The van der Waals surface area contributed by atoms with Crippen molar-refractivity contribution in [3.63, 3.8) is 0 Å². The van der Waals surface area contributed by atoms with Gasteiger partial charge in [0.05, 0.1) is 0 Å². The van der Waals surface area contributed by atoms with Crippen LogP contribution in [0.2, 0.25) is 0 Å². The monoisotopic (exact) mass is 207 g/mol. The Hall–Kier alpha value is -1.25. The van der Waals surface area contributed by atoms with Gasteiger partial charge in [-0.2, -0.15) is 0 Å². The number of ether oxygens (including phenoxy) is 1. The lowest BCUT2D eigenvalue weighted by molar-refractivity contribution is -0.147. The number of fused-ring (bicyclic) bond motifs is 1. The van der Waals surface area contributed by atoms with Gasteiger partial charge in [-0.25, -0.2) is 0 Å². The van der Waals surface area contributed by atoms with Gasteiger partial charge in [0.2, 0.25) is 0 Å². The minimum Gasteiger partial charge on any atom is -0.462 e. The van der Waals surface area contributed by atoms with E-state index in [0.717, 1.165) is 19.4 Å². The normalized spacial score (nSPS) is 19.8. The van der Waals surface area contributed by atoms with Gasteiger partial charge < -0.3 is 9.30 Å². The predicted octanol–water partition coefficient (Wildman–Crippen LogP) is 1.98. The smallest absolute Gasteiger partial charge is 0.302 e. The van der Waals surface area contributed by atoms with Crippen molar-refractivity contribution in [1.29, 1.82) is 0 Å². The minimum atomic E-state index is -0.173. The van der Waals surface area contributed by atoms with E-state index in [1.54, 1.807) is 0 Å². The van der Waals surface area contributed by atoms with Crippen molar-refractivity contribution in [3.05, 3.63) is 23.0 Å². The van der Waals surface area contributed by atoms with Crippen molar-refractivity contribution >= 4 is 5.97 Å². The van der Waals surface area contributed by atoms with Gasteiger partial charge in [-0.3, -0.25) is 4.79 Å². The summed E-state index contributed by atoms with van der Waals surface area (Å²) in [4.78, 5) is 10.9. The van der Waals surface area contributed by atoms with Crippen molar-refractivity contribution in [2.75, 3.05) is 0 Å². The van der Waals surface area contributed by atoms with Crippen molar-refractivity contribution in [3.8, 4) is 0 Å². The molecule has 2 rings (SSSR count). The number of hydrogen-bond donors (Lipinski definition) is 0. The maximum absolute atomic E-state index is 10.9. The first-order chi connectivity index (χ1) is 7.08. The number of hydrogen-bond acceptors (Lipinski definition) is 2. The highest BCUT2D eigenvalue weighted by Crippen LogP contribution is 2.23. The molecule has 0 bridgehead atoms. The van der Waals surface area contributed by atoms with E-state index >= 15 is 0 Å². The SMILES string of the molecule is CC(=O)OC1CCn2c(cc(C)c2C)C1. The van der Waals surface area contributed by atoms with E-state index in [-0.39, 0.29) is 12.1 Å². The van der Waals surface area contributed by atoms with Crippen molar-refractivity contribution in [1.82, 2.24) is 4.57 Å². The van der Waals surface area contributed by atoms with Crippen LogP contribution in [0.15, 0.2) is 6.07 Å². The van der Waals surface area contributed by atoms with Crippen LogP contribution in [0.4, 0.5) is 0 Å². The standard InChI is InChI=1S/C12H17NO2/c1-8-6-11-7-12(15-10(3)14)4-5-13(11)9(8)2/h6,12H,4-5,7H2,1-3H3. The molecule has 0 spiro atoms. The second-order valence-corrected chi connectivity index (χ2v) is 4.28. The van der Waals surface area contributed by atoms with Crippen LogP contribution in [-0.2, 0) is 22.5 Å². The zero-order chi connectivity index (χ0) is 11.0. The lowest BCUT2D eigenvalue weighted by Crippen LogP contribution is -2.27. The zero-order valence-corrected chi connectivity index (χ0v) is 9.54. The molecule has 3 heteroatoms. The van der Waals surface area contributed by atoms with Crippen molar-refractivity contribution in [2.45, 2.75) is 46.3 Å². The number of rotatable bonds is 1. The number of aryl methyl sites for hydroxylation is 1. The summed E-state index contributed by atoms with van der Waals surface area (Å²) < 4.78 is 7.57. The maximum atomic E-state index is 10.9. The number of carbonyl (C=O) groups excluding carboxylic acids is 1. The summed E-state index contributed by atoms with van der Waals surface area (Å²) in [7, 11) is 0. The van der Waals surface area contributed by atoms with E-state index in [4.69, 9.17) is 4.74 Å². The molecule has 0 radical (unpaired) electrons. The molecule has 1 atom stereocenters. The molecule has 2 heterocycles. The molecule has 15 heavy (non-hydrogen) atoms. The molecular formula is C12H17NO2. The van der Waals surface area contributed by atoms with Crippen LogP contribution in [0, 0.1) is 13.8 Å². The highest BCUT2D eigenvalue weighted by atomic mass is 16.5. The van der Waals surface area contributed by atoms with E-state index in [1.165, 1.54) is 23.9 Å². The van der Waals surface area contributed by atoms with Crippen LogP contribution in [0.1, 0.15) is 30.3 Å². The number of carbonyl (C=O) groups is 1. The Morgan fingerprint density at radius 1 is 1.53 bits per heavy atom. The Morgan fingerprint density at radius 3 is 2.93 bits per heavy atom. The molecule has 0 amide bonds. The summed E-state index contributed by atoms with van der Waals surface area (Å²) in [6.07, 6.45) is 1.86. The molecule has 0 fully saturated rings. The van der Waals surface area contributed by atoms with Gasteiger partial charge in [0.15, 0.2) is 0 Å². The molecule has 0 saturated heterocycles. The summed E-state index contributed by atoms with van der Waals surface area (Å²) in [5.74, 6) is -0.173. The van der Waals surface area contributed by atoms with Gasteiger partial charge in [-0.15, -0.1) is 0 Å². The summed E-state index contributed by atoms with van der Waals surface area (Å²) >= 11 is 0. The third-order valence-corrected chi connectivity index (χ3v) is 3.15. The fraction of sp³-hybridized carbons (Fsp3) is 0.583. The lowest BCUT2D eigenvalue weighted by Gasteiger charge is -2.24. The van der Waals surface area contributed by atoms with Gasteiger partial charge in [-0.05, 0) is 25.5 Å². The first kappa shape index (κ1) is 10.3. The maximum Gasteiger partial charge on any atom is 0.302 e. The first-order valence-electron chi connectivity index (χ1n) is 5.40. The molecule has 0 saturated carbocycles. The highest BCUT2D eigenvalue weighted by molar-refractivity contribution is 5.66. The first-order valence-corrected chi connectivity index (χ1v) is 5.40. The Bertz CT molecular complexity index is 393. The van der Waals surface area contributed by atoms with Crippen molar-refractivity contribution < 1.29 is 9.53 Å². The molecule has 82 valence electrons. The average Bonchev–Trinajstić information content (AvgIpc) is 2.41. The second-order valence-electron chi connectivity index (χ2n) is 4.28. The summed E-state index contributed by atoms with van der Waals surface area (Å²) in [6, 6.07) is 2.20. The molecule has 1 aliphatic rings. The van der Waals surface area contributed by atoms with Gasteiger partial charge in [-0.1, -0.05) is 0 Å². The van der Waals surface area contributed by atoms with E-state index in [0.29, 0.717) is 0 Å². The zero-order valence-electron chi connectivity index (χ0n) is 9.54. The molecule has 1 aliphatic heterocycles. The second kappa shape index (κ2) is 3.72. The van der Waals surface area contributed by atoms with Crippen LogP contribution in [0.3, 0.4) is 0 Å². The van der Waals surface area contributed by atoms with E-state index < -0.39 is 0 Å². The minimum absolute atomic E-state index is 0.0729. The summed E-state index contributed by atoms with van der Waals surface area (Å²) in [5, 5.41) is 0. The average molecular weight is 207 g/mol. The number of nitrogens with zero attached hydrogens (tertiary/aromatic N) is 1. The van der Waals surface area contributed by atoms with Crippen LogP contribution in [-0.4, -0.2) is 16.6 Å².